The number of hydrogen-bond acceptors (Lipinski definition) is 6. The van der Waals surface area contributed by atoms with E-state index < -0.39 is 24.0 Å². The Labute approximate surface area is 112 Å². The molecule has 6 nitrogen and oxygen atoms in total. The molecule has 1 aromatic rings. The first-order chi connectivity index (χ1) is 9.32. The molecule has 2 N–H and O–H groups in total. The Balaban J connectivity index is 3.28. The molecule has 112 valence electrons. The van der Waals surface area contributed by atoms with Crippen molar-refractivity contribution in [3.8, 4) is 11.6 Å². The number of carbonyl (C=O) groups is 1. The summed E-state index contributed by atoms with van der Waals surface area (Å²) in [7, 11) is 1.10. The van der Waals surface area contributed by atoms with E-state index in [-0.39, 0.29) is 24.4 Å². The van der Waals surface area contributed by atoms with Gasteiger partial charge in [-0.25, -0.2) is 9.78 Å². The Morgan fingerprint density at radius 2 is 2.10 bits per heavy atom. The zero-order valence-electron chi connectivity index (χ0n) is 10.8. The molecule has 0 aliphatic carbocycles. The minimum Gasteiger partial charge on any atom is -0.478 e. The van der Waals surface area contributed by atoms with Crippen LogP contribution in [-0.2, 0) is 11.3 Å². The second-order valence-corrected chi connectivity index (χ2v) is 3.48. The van der Waals surface area contributed by atoms with E-state index in [4.69, 9.17) is 15.2 Å². The molecule has 0 amide bonds. The van der Waals surface area contributed by atoms with Gasteiger partial charge in [0.15, 0.2) is 11.4 Å². The maximum atomic E-state index is 12.3. The number of methoxy groups -OCH3 is 1. The average Bonchev–Trinajstić information content (AvgIpc) is 2.37. The first-order valence-corrected chi connectivity index (χ1v) is 5.53. The molecule has 0 radical (unpaired) electrons. The monoisotopic (exact) mass is 294 g/mol. The highest BCUT2D eigenvalue weighted by Crippen LogP contribution is 2.34. The largest absolute Gasteiger partial charge is 0.573 e. The molecule has 20 heavy (non-hydrogen) atoms. The summed E-state index contributed by atoms with van der Waals surface area (Å²) in [6.07, 6.45) is -4.93. The van der Waals surface area contributed by atoms with E-state index in [0.717, 1.165) is 13.2 Å². The Morgan fingerprint density at radius 1 is 1.45 bits per heavy atom. The highest BCUT2D eigenvalue weighted by atomic mass is 19.4. The average molecular weight is 294 g/mol. The number of pyridine rings is 1. The van der Waals surface area contributed by atoms with Crippen LogP contribution in [-0.4, -0.2) is 31.0 Å². The number of nitrogens with zero attached hydrogens (tertiary/aromatic N) is 1. The van der Waals surface area contributed by atoms with Gasteiger partial charge in [0.05, 0.1) is 13.7 Å². The van der Waals surface area contributed by atoms with Gasteiger partial charge in [0, 0.05) is 12.1 Å². The molecule has 0 aromatic carbocycles. The molecule has 0 aliphatic heterocycles. The van der Waals surface area contributed by atoms with Crippen LogP contribution in [0.15, 0.2) is 6.07 Å². The molecule has 0 aliphatic rings. The zero-order valence-corrected chi connectivity index (χ0v) is 10.8. The molecule has 0 unspecified atom stereocenters. The van der Waals surface area contributed by atoms with Crippen LogP contribution in [0.4, 0.5) is 13.2 Å². The lowest BCUT2D eigenvalue weighted by molar-refractivity contribution is -0.275. The molecule has 0 saturated carbocycles. The second-order valence-electron chi connectivity index (χ2n) is 3.48. The Morgan fingerprint density at radius 3 is 2.55 bits per heavy atom. The number of alkyl halides is 3. The summed E-state index contributed by atoms with van der Waals surface area (Å²) in [4.78, 5) is 15.2. The van der Waals surface area contributed by atoms with E-state index in [0.29, 0.717) is 0 Å². The highest BCUT2D eigenvalue weighted by Gasteiger charge is 2.34. The minimum absolute atomic E-state index is 0.0720. The number of hydrogen-bond donors (Lipinski definition) is 1. The number of nitrogens with two attached hydrogens (primary N) is 1. The summed E-state index contributed by atoms with van der Waals surface area (Å²) in [5.41, 5.74) is 5.07. The fourth-order valence-electron chi connectivity index (χ4n) is 1.38. The molecule has 1 rings (SSSR count). The number of rotatable bonds is 5. The molecular formula is C11H13F3N2O4. The van der Waals surface area contributed by atoms with Crippen LogP contribution in [0.25, 0.3) is 0 Å². The molecule has 0 bridgehead atoms. The summed E-state index contributed by atoms with van der Waals surface area (Å²) in [6, 6.07) is 1.07. The van der Waals surface area contributed by atoms with Gasteiger partial charge in [-0.3, -0.25) is 0 Å². The van der Waals surface area contributed by atoms with Crippen molar-refractivity contribution in [2.45, 2.75) is 19.8 Å². The predicted octanol–water partition coefficient (Wildman–Crippen LogP) is 1.62. The summed E-state index contributed by atoms with van der Waals surface area (Å²) >= 11 is 0. The van der Waals surface area contributed by atoms with Crippen LogP contribution in [0.5, 0.6) is 11.6 Å². The van der Waals surface area contributed by atoms with Crippen molar-refractivity contribution in [3.63, 3.8) is 0 Å². The van der Waals surface area contributed by atoms with Crippen LogP contribution in [0.3, 0.4) is 0 Å². The Kier molecular flexibility index (Phi) is 5.14. The summed E-state index contributed by atoms with van der Waals surface area (Å²) < 4.78 is 50.2. The summed E-state index contributed by atoms with van der Waals surface area (Å²) in [6.45, 7) is 1.39. The van der Waals surface area contributed by atoms with Crippen molar-refractivity contribution in [3.05, 3.63) is 17.3 Å². The topological polar surface area (TPSA) is 83.7 Å². The smallest absolute Gasteiger partial charge is 0.478 e. The van der Waals surface area contributed by atoms with Crippen molar-refractivity contribution >= 4 is 5.97 Å². The summed E-state index contributed by atoms with van der Waals surface area (Å²) in [5, 5.41) is 0. The van der Waals surface area contributed by atoms with Gasteiger partial charge in [-0.2, -0.15) is 0 Å². The third kappa shape index (κ3) is 3.98. The predicted molar refractivity (Wildman–Crippen MR) is 61.3 cm³/mol. The number of esters is 1. The SMILES string of the molecule is CCOC(=O)c1cc(CN)c(OC(F)(F)F)c(OC)n1. The third-order valence-corrected chi connectivity index (χ3v) is 2.13. The van der Waals surface area contributed by atoms with Gasteiger partial charge in [-0.15, -0.1) is 13.2 Å². The lowest BCUT2D eigenvalue weighted by Crippen LogP contribution is -2.20. The fraction of sp³-hybridized carbons (Fsp3) is 0.455. The Bertz CT molecular complexity index is 466. The number of carbonyl (C=O) groups excluding carboxylic acids is 1. The van der Waals surface area contributed by atoms with Crippen LogP contribution >= 0.6 is 0 Å². The fourth-order valence-corrected chi connectivity index (χ4v) is 1.38. The maximum absolute atomic E-state index is 12.3. The van der Waals surface area contributed by atoms with Gasteiger partial charge in [0.2, 0.25) is 0 Å². The van der Waals surface area contributed by atoms with E-state index >= 15 is 0 Å². The van der Waals surface area contributed by atoms with Crippen LogP contribution in [0.2, 0.25) is 0 Å². The number of ether oxygens (including phenoxy) is 3. The second kappa shape index (κ2) is 6.42. The van der Waals surface area contributed by atoms with Gasteiger partial charge in [-0.1, -0.05) is 0 Å². The van der Waals surface area contributed by atoms with Crippen molar-refractivity contribution in [1.82, 2.24) is 4.98 Å². The van der Waals surface area contributed by atoms with Gasteiger partial charge >= 0.3 is 12.3 Å². The molecule has 0 atom stereocenters. The van der Waals surface area contributed by atoms with E-state index in [1.165, 1.54) is 0 Å². The van der Waals surface area contributed by atoms with Crippen LogP contribution in [0, 0.1) is 0 Å². The van der Waals surface area contributed by atoms with Crippen LogP contribution in [0.1, 0.15) is 23.0 Å². The molecular weight excluding hydrogens is 281 g/mol. The molecule has 0 spiro atoms. The first kappa shape index (κ1) is 16.0. The van der Waals surface area contributed by atoms with Gasteiger partial charge < -0.3 is 19.9 Å². The lowest BCUT2D eigenvalue weighted by atomic mass is 10.2. The normalized spacial score (nSPS) is 11.1. The minimum atomic E-state index is -4.93. The molecule has 9 heteroatoms. The van der Waals surface area contributed by atoms with E-state index in [2.05, 4.69) is 9.72 Å². The third-order valence-electron chi connectivity index (χ3n) is 2.13. The van der Waals surface area contributed by atoms with Gasteiger partial charge in [-0.05, 0) is 13.0 Å². The molecule has 0 fully saturated rings. The number of halogens is 3. The molecule has 1 heterocycles. The lowest BCUT2D eigenvalue weighted by Gasteiger charge is -2.15. The molecule has 0 saturated heterocycles. The van der Waals surface area contributed by atoms with E-state index in [9.17, 15) is 18.0 Å². The molecule has 1 aromatic heterocycles. The first-order valence-electron chi connectivity index (χ1n) is 5.53. The maximum Gasteiger partial charge on any atom is 0.573 e. The van der Waals surface area contributed by atoms with Crippen molar-refractivity contribution in [1.29, 1.82) is 0 Å². The standard InChI is InChI=1S/C11H13F3N2O4/c1-3-19-10(17)7-4-6(5-15)8(9(16-7)18-2)20-11(12,13)14/h4H,3,5,15H2,1-2H3. The van der Waals surface area contributed by atoms with E-state index in [1.807, 2.05) is 0 Å². The Hall–Kier alpha value is -2.03. The zero-order chi connectivity index (χ0) is 15.3. The van der Waals surface area contributed by atoms with Crippen molar-refractivity contribution in [2.24, 2.45) is 5.73 Å². The number of aromatic nitrogens is 1. The highest BCUT2D eigenvalue weighted by molar-refractivity contribution is 5.88. The van der Waals surface area contributed by atoms with Crippen molar-refractivity contribution in [2.75, 3.05) is 13.7 Å². The quantitative estimate of drug-likeness (QED) is 0.831. The van der Waals surface area contributed by atoms with Gasteiger partial charge in [0.1, 0.15) is 0 Å². The van der Waals surface area contributed by atoms with Crippen LogP contribution < -0.4 is 15.2 Å². The van der Waals surface area contributed by atoms with Crippen molar-refractivity contribution < 1.29 is 32.2 Å². The van der Waals surface area contributed by atoms with Gasteiger partial charge in [0.25, 0.3) is 5.88 Å². The van der Waals surface area contributed by atoms with E-state index in [1.54, 1.807) is 6.92 Å². The summed E-state index contributed by atoms with van der Waals surface area (Å²) in [5.74, 6) is -1.96.